The number of ether oxygens (including phenoxy) is 1. The molecule has 22 heavy (non-hydrogen) atoms. The van der Waals surface area contributed by atoms with Gasteiger partial charge in [-0.25, -0.2) is 15.0 Å². The Kier molecular flexibility index (Phi) is 3.93. The molecule has 1 atom stereocenters. The second kappa shape index (κ2) is 5.88. The van der Waals surface area contributed by atoms with E-state index in [1.807, 2.05) is 0 Å². The average molecular weight is 324 g/mol. The van der Waals surface area contributed by atoms with Crippen molar-refractivity contribution in [2.24, 2.45) is 0 Å². The van der Waals surface area contributed by atoms with E-state index >= 15 is 0 Å². The second-order valence-corrected chi connectivity index (χ2v) is 5.32. The van der Waals surface area contributed by atoms with Gasteiger partial charge in [0.05, 0.1) is 12.9 Å². The molecule has 1 saturated heterocycles. The quantitative estimate of drug-likeness (QED) is 0.611. The summed E-state index contributed by atoms with van der Waals surface area (Å²) < 4.78 is 6.59. The highest BCUT2D eigenvalue weighted by molar-refractivity contribution is 6.33. The Bertz CT molecular complexity index is 732. The summed E-state index contributed by atoms with van der Waals surface area (Å²) in [5.74, 6) is -0.392. The van der Waals surface area contributed by atoms with Crippen LogP contribution in [0.2, 0.25) is 5.15 Å². The highest BCUT2D eigenvalue weighted by atomic mass is 35.5. The average Bonchev–Trinajstić information content (AvgIpc) is 3.04. The Morgan fingerprint density at radius 1 is 1.45 bits per heavy atom. The first kappa shape index (κ1) is 14.7. The summed E-state index contributed by atoms with van der Waals surface area (Å²) in [4.78, 5) is 37.1. The van der Waals surface area contributed by atoms with Gasteiger partial charge in [-0.05, 0) is 6.42 Å². The molecule has 8 nitrogen and oxygen atoms in total. The van der Waals surface area contributed by atoms with E-state index in [2.05, 4.69) is 15.0 Å². The smallest absolute Gasteiger partial charge is 0.302 e. The van der Waals surface area contributed by atoms with Crippen molar-refractivity contribution >= 4 is 34.6 Å². The van der Waals surface area contributed by atoms with Crippen LogP contribution in [-0.4, -0.2) is 56.0 Å². The van der Waals surface area contributed by atoms with Gasteiger partial charge in [0.2, 0.25) is 5.91 Å². The molecule has 0 N–H and O–H groups in total. The third kappa shape index (κ3) is 2.61. The first-order chi connectivity index (χ1) is 10.6. The lowest BCUT2D eigenvalue weighted by Crippen LogP contribution is -2.31. The molecule has 1 amide bonds. The van der Waals surface area contributed by atoms with E-state index in [4.69, 9.17) is 16.3 Å². The molecule has 0 aliphatic carbocycles. The van der Waals surface area contributed by atoms with Gasteiger partial charge in [-0.1, -0.05) is 11.6 Å². The number of imidazole rings is 1. The third-order valence-electron chi connectivity index (χ3n) is 3.59. The van der Waals surface area contributed by atoms with Crippen molar-refractivity contribution in [2.75, 3.05) is 19.7 Å². The molecule has 2 aromatic rings. The van der Waals surface area contributed by atoms with Crippen molar-refractivity contribution in [3.05, 3.63) is 17.8 Å². The van der Waals surface area contributed by atoms with Crippen LogP contribution in [0.1, 0.15) is 19.4 Å². The van der Waals surface area contributed by atoms with Gasteiger partial charge in [0.25, 0.3) is 0 Å². The Morgan fingerprint density at radius 3 is 3.05 bits per heavy atom. The summed E-state index contributed by atoms with van der Waals surface area (Å²) in [6.45, 7) is 2.53. The molecule has 3 rings (SSSR count). The number of nitrogens with zero attached hydrogens (tertiary/aromatic N) is 5. The molecule has 1 unspecified atom stereocenters. The molecule has 0 aromatic carbocycles. The number of aromatic nitrogens is 4. The zero-order chi connectivity index (χ0) is 15.7. The molecule has 9 heteroatoms. The summed E-state index contributed by atoms with van der Waals surface area (Å²) in [7, 11) is 0. The van der Waals surface area contributed by atoms with Crippen molar-refractivity contribution in [1.82, 2.24) is 24.4 Å². The van der Waals surface area contributed by atoms with Gasteiger partial charge >= 0.3 is 5.97 Å². The maximum atomic E-state index is 12.5. The topological polar surface area (TPSA) is 90.2 Å². The normalized spacial score (nSPS) is 18.2. The minimum atomic E-state index is -0.367. The minimum Gasteiger partial charge on any atom is -0.464 e. The van der Waals surface area contributed by atoms with Gasteiger partial charge < -0.3 is 14.2 Å². The molecular formula is C13H14ClN5O3. The van der Waals surface area contributed by atoms with E-state index < -0.39 is 0 Å². The van der Waals surface area contributed by atoms with Crippen LogP contribution in [0.4, 0.5) is 0 Å². The van der Waals surface area contributed by atoms with Crippen LogP contribution >= 0.6 is 11.6 Å². The predicted molar refractivity (Wildman–Crippen MR) is 77.2 cm³/mol. The third-order valence-corrected chi connectivity index (χ3v) is 3.86. The molecule has 116 valence electrons. The fraction of sp³-hybridized carbons (Fsp3) is 0.462. The van der Waals surface area contributed by atoms with Crippen molar-refractivity contribution in [2.45, 2.75) is 19.4 Å². The summed E-state index contributed by atoms with van der Waals surface area (Å²) in [6.07, 6.45) is 3.55. The fourth-order valence-corrected chi connectivity index (χ4v) is 2.73. The molecule has 0 bridgehead atoms. The predicted octanol–water partition coefficient (Wildman–Crippen LogP) is 0.816. The Morgan fingerprint density at radius 2 is 2.27 bits per heavy atom. The van der Waals surface area contributed by atoms with Gasteiger partial charge in [0.15, 0.2) is 10.8 Å². The molecular weight excluding hydrogens is 310 g/mol. The van der Waals surface area contributed by atoms with E-state index in [-0.39, 0.29) is 29.7 Å². The number of likely N-dealkylation sites (tertiary alicyclic amines) is 1. The number of hydrogen-bond donors (Lipinski definition) is 0. The first-order valence-electron chi connectivity index (χ1n) is 6.83. The SMILES string of the molecule is CC(=O)OCCN1CCC(n2cnc3c(Cl)ncnc32)C1=O. The minimum absolute atomic E-state index is 0.0406. The number of rotatable bonds is 4. The second-order valence-electron chi connectivity index (χ2n) is 4.96. The van der Waals surface area contributed by atoms with Crippen molar-refractivity contribution in [3.8, 4) is 0 Å². The molecule has 1 aliphatic rings. The molecule has 0 spiro atoms. The van der Waals surface area contributed by atoms with Gasteiger partial charge in [0.1, 0.15) is 24.5 Å². The van der Waals surface area contributed by atoms with E-state index in [1.54, 1.807) is 15.8 Å². The molecule has 1 fully saturated rings. The molecule has 0 radical (unpaired) electrons. The maximum absolute atomic E-state index is 12.5. The summed E-state index contributed by atoms with van der Waals surface area (Å²) >= 11 is 5.97. The number of halogens is 1. The number of hydrogen-bond acceptors (Lipinski definition) is 6. The zero-order valence-electron chi connectivity index (χ0n) is 11.9. The van der Waals surface area contributed by atoms with Crippen LogP contribution in [0.3, 0.4) is 0 Å². The van der Waals surface area contributed by atoms with Crippen LogP contribution in [0.5, 0.6) is 0 Å². The monoisotopic (exact) mass is 323 g/mol. The number of fused-ring (bicyclic) bond motifs is 1. The van der Waals surface area contributed by atoms with E-state index in [0.717, 1.165) is 0 Å². The van der Waals surface area contributed by atoms with Crippen LogP contribution in [-0.2, 0) is 14.3 Å². The van der Waals surface area contributed by atoms with Crippen molar-refractivity contribution in [1.29, 1.82) is 0 Å². The Balaban J connectivity index is 1.77. The zero-order valence-corrected chi connectivity index (χ0v) is 12.7. The maximum Gasteiger partial charge on any atom is 0.302 e. The van der Waals surface area contributed by atoms with Gasteiger partial charge in [-0.15, -0.1) is 0 Å². The van der Waals surface area contributed by atoms with Crippen LogP contribution in [0.25, 0.3) is 11.2 Å². The molecule has 1 aliphatic heterocycles. The number of carbonyl (C=O) groups excluding carboxylic acids is 2. The Labute approximate surface area is 131 Å². The van der Waals surface area contributed by atoms with E-state index in [0.29, 0.717) is 30.7 Å². The molecule has 3 heterocycles. The Hall–Kier alpha value is -2.22. The van der Waals surface area contributed by atoms with Crippen molar-refractivity contribution < 1.29 is 14.3 Å². The van der Waals surface area contributed by atoms with E-state index in [9.17, 15) is 9.59 Å². The lowest BCUT2D eigenvalue weighted by molar-refractivity contribution is -0.143. The molecule has 2 aromatic heterocycles. The summed E-state index contributed by atoms with van der Waals surface area (Å²) in [5, 5.41) is 0.265. The lowest BCUT2D eigenvalue weighted by Gasteiger charge is -2.16. The largest absolute Gasteiger partial charge is 0.464 e. The van der Waals surface area contributed by atoms with Crippen LogP contribution in [0, 0.1) is 0 Å². The van der Waals surface area contributed by atoms with Gasteiger partial charge in [0, 0.05) is 13.5 Å². The summed E-state index contributed by atoms with van der Waals surface area (Å²) in [5.41, 5.74) is 1.02. The van der Waals surface area contributed by atoms with Crippen LogP contribution < -0.4 is 0 Å². The van der Waals surface area contributed by atoms with E-state index in [1.165, 1.54) is 13.3 Å². The number of esters is 1. The van der Waals surface area contributed by atoms with Gasteiger partial charge in [-0.2, -0.15) is 0 Å². The fourth-order valence-electron chi connectivity index (χ4n) is 2.55. The highest BCUT2D eigenvalue weighted by Gasteiger charge is 2.34. The summed E-state index contributed by atoms with van der Waals surface area (Å²) in [6, 6.07) is -0.367. The number of amides is 1. The number of carbonyl (C=O) groups is 2. The standard InChI is InChI=1S/C13H14ClN5O3/c1-8(20)22-5-4-18-3-2-9(13(18)21)19-7-17-10-11(14)15-6-16-12(10)19/h6-7,9H,2-5H2,1H3. The van der Waals surface area contributed by atoms with Crippen LogP contribution in [0.15, 0.2) is 12.7 Å². The van der Waals surface area contributed by atoms with Gasteiger partial charge in [-0.3, -0.25) is 9.59 Å². The molecule has 0 saturated carbocycles. The van der Waals surface area contributed by atoms with Crippen molar-refractivity contribution in [3.63, 3.8) is 0 Å². The highest BCUT2D eigenvalue weighted by Crippen LogP contribution is 2.27. The first-order valence-corrected chi connectivity index (χ1v) is 7.21. The lowest BCUT2D eigenvalue weighted by atomic mass is 10.2.